The molecule has 1 N–H and O–H groups in total. The summed E-state index contributed by atoms with van der Waals surface area (Å²) in [6.07, 6.45) is 1.05. The molecular weight excluding hydrogens is 479 g/mol. The van der Waals surface area contributed by atoms with Gasteiger partial charge in [-0.1, -0.05) is 43.5 Å². The second-order valence-corrected chi connectivity index (χ2v) is 25.1. The van der Waals surface area contributed by atoms with Crippen molar-refractivity contribution in [2.24, 2.45) is 0 Å². The van der Waals surface area contributed by atoms with Gasteiger partial charge in [0.25, 0.3) is 5.56 Å². The van der Waals surface area contributed by atoms with E-state index < -0.39 is 25.3 Å². The lowest BCUT2D eigenvalue weighted by Gasteiger charge is -2.37. The average Bonchev–Trinajstić information content (AvgIpc) is 3.22. The van der Waals surface area contributed by atoms with Crippen molar-refractivity contribution in [2.75, 3.05) is 18.1 Å². The number of aryl methyl sites for hydroxylation is 1. The molecule has 7 nitrogen and oxygen atoms in total. The number of aromatic nitrogens is 2. The van der Waals surface area contributed by atoms with Crippen LogP contribution in [0.5, 0.6) is 0 Å². The Labute approximate surface area is 192 Å². The van der Waals surface area contributed by atoms with Gasteiger partial charge in [-0.05, 0) is 25.1 Å². The van der Waals surface area contributed by atoms with Gasteiger partial charge < -0.3 is 13.7 Å². The fourth-order valence-corrected chi connectivity index (χ4v) is 13.7. The van der Waals surface area contributed by atoms with Gasteiger partial charge in [-0.25, -0.2) is 4.79 Å². The maximum atomic E-state index is 12.4. The quantitative estimate of drug-likeness (QED) is 0.327. The van der Waals surface area contributed by atoms with Crippen molar-refractivity contribution in [1.29, 1.82) is 0 Å². The summed E-state index contributed by atoms with van der Waals surface area (Å²) in [6.45, 7) is 13.1. The maximum Gasteiger partial charge on any atom is 0.330 e. The van der Waals surface area contributed by atoms with E-state index in [1.54, 1.807) is 35.9 Å². The maximum absolute atomic E-state index is 12.4. The molecule has 3 atom stereocenters. The number of hydrogen-bond donors (Lipinski definition) is 2. The molecule has 1 radical (unpaired) electrons. The van der Waals surface area contributed by atoms with Crippen LogP contribution >= 0.6 is 40.1 Å². The Morgan fingerprint density at radius 3 is 2.57 bits per heavy atom. The molecule has 2 fully saturated rings. The lowest BCUT2D eigenvalue weighted by atomic mass is 10.2. The SMILES string of the molecule is Cc1cn([C@H]2C[C@H](O[P]3(S)SCCS3)[C@@H](CO[Si](C)(C)C(C)(C)C)O2)c(=O)[nH]c1=O. The molecule has 0 spiro atoms. The summed E-state index contributed by atoms with van der Waals surface area (Å²) in [5.74, 6) is 2.06. The number of nitrogens with one attached hydrogen (secondary N) is 1. The first kappa shape index (κ1) is 24.9. The van der Waals surface area contributed by atoms with Crippen molar-refractivity contribution >= 4 is 48.4 Å². The minimum absolute atomic E-state index is 0.0866. The van der Waals surface area contributed by atoms with Crippen molar-refractivity contribution in [1.82, 2.24) is 9.55 Å². The van der Waals surface area contributed by atoms with E-state index in [0.717, 1.165) is 11.5 Å². The lowest BCUT2D eigenvalue weighted by Crippen LogP contribution is -2.44. The largest absolute Gasteiger partial charge is 0.414 e. The van der Waals surface area contributed by atoms with E-state index in [0.29, 0.717) is 18.6 Å². The van der Waals surface area contributed by atoms with E-state index >= 15 is 0 Å². The fourth-order valence-electron chi connectivity index (χ4n) is 3.01. The van der Waals surface area contributed by atoms with Gasteiger partial charge in [-0.15, -0.1) is 12.2 Å². The molecule has 171 valence electrons. The number of H-pyrrole nitrogens is 1. The van der Waals surface area contributed by atoms with E-state index in [-0.39, 0.29) is 22.8 Å². The average molecular weight is 512 g/mol. The molecule has 30 heavy (non-hydrogen) atoms. The number of rotatable bonds is 6. The van der Waals surface area contributed by atoms with Crippen molar-refractivity contribution in [3.05, 3.63) is 32.6 Å². The Kier molecular flexibility index (Phi) is 7.67. The first-order valence-electron chi connectivity index (χ1n) is 10.0. The fraction of sp³-hybridized carbons (Fsp3) is 0.778. The zero-order chi connectivity index (χ0) is 22.3. The molecule has 1 aromatic rings. The molecular formula is C18H32N2O5PS3Si. The Morgan fingerprint density at radius 2 is 1.97 bits per heavy atom. The van der Waals surface area contributed by atoms with E-state index in [1.807, 2.05) is 0 Å². The van der Waals surface area contributed by atoms with Crippen molar-refractivity contribution in [2.45, 2.75) is 70.7 Å². The molecule has 3 heterocycles. The molecule has 2 saturated heterocycles. The molecule has 0 saturated carbocycles. The molecule has 0 aliphatic carbocycles. The molecule has 0 aromatic carbocycles. The Bertz CT molecular complexity index is 882. The van der Waals surface area contributed by atoms with Gasteiger partial charge in [0.15, 0.2) is 8.32 Å². The second kappa shape index (κ2) is 9.25. The van der Waals surface area contributed by atoms with Gasteiger partial charge in [0, 0.05) is 29.7 Å². The van der Waals surface area contributed by atoms with Crippen LogP contribution in [0.1, 0.15) is 39.0 Å². The third-order valence-electron chi connectivity index (χ3n) is 5.91. The lowest BCUT2D eigenvalue weighted by molar-refractivity contribution is -0.0380. The topological polar surface area (TPSA) is 82.6 Å². The first-order chi connectivity index (χ1) is 13.8. The molecule has 1 aromatic heterocycles. The van der Waals surface area contributed by atoms with Crippen LogP contribution in [0, 0.1) is 6.92 Å². The van der Waals surface area contributed by atoms with Gasteiger partial charge in [0.2, 0.25) is 0 Å². The van der Waals surface area contributed by atoms with Gasteiger partial charge in [0.05, 0.1) is 12.7 Å². The predicted molar refractivity (Wildman–Crippen MR) is 133 cm³/mol. The standard InChI is InChI=1S/C18H32N2O5PS3Si/c1-12-10-20(17(22)19-16(12)21)15-9-13(25-26(27)28-7-8-29-26)14(24-15)11-23-30(5,6)18(2,3)4/h10,13-15,27H,7-9,11H2,1-6H3,(H,19,21,22)/t13-,14+,15+/m0/s1. The summed E-state index contributed by atoms with van der Waals surface area (Å²) < 4.78 is 20.7. The van der Waals surface area contributed by atoms with E-state index in [1.165, 1.54) is 4.57 Å². The molecule has 0 bridgehead atoms. The summed E-state index contributed by atoms with van der Waals surface area (Å²) in [6, 6.07) is 0. The minimum Gasteiger partial charge on any atom is -0.414 e. The molecule has 3 rings (SSSR count). The van der Waals surface area contributed by atoms with Crippen LogP contribution < -0.4 is 11.2 Å². The normalized spacial score (nSPS) is 27.0. The molecule has 12 heteroatoms. The van der Waals surface area contributed by atoms with Crippen molar-refractivity contribution < 1.29 is 13.7 Å². The summed E-state index contributed by atoms with van der Waals surface area (Å²) in [5.41, 5.74) is -0.379. The van der Waals surface area contributed by atoms with Gasteiger partial charge in [0.1, 0.15) is 17.4 Å². The van der Waals surface area contributed by atoms with E-state index in [4.69, 9.17) is 25.9 Å². The third kappa shape index (κ3) is 5.59. The Balaban J connectivity index is 1.81. The summed E-state index contributed by atoms with van der Waals surface area (Å²) in [5, 5.41) is -1.81. The number of ether oxygens (including phenoxy) is 1. The zero-order valence-corrected chi connectivity index (χ0v) is 22.8. The number of hydrogen-bond acceptors (Lipinski definition) is 8. The van der Waals surface area contributed by atoms with Crippen LogP contribution in [0.2, 0.25) is 18.1 Å². The highest BCUT2D eigenvalue weighted by atomic mass is 33.4. The van der Waals surface area contributed by atoms with Gasteiger partial charge >= 0.3 is 5.69 Å². The molecule has 2 aliphatic rings. The first-order valence-corrected chi connectivity index (χ1v) is 19.0. The highest BCUT2D eigenvalue weighted by Gasteiger charge is 2.45. The second-order valence-electron chi connectivity index (χ2n) is 9.19. The monoisotopic (exact) mass is 511 g/mol. The summed E-state index contributed by atoms with van der Waals surface area (Å²) >= 11 is 8.40. The van der Waals surface area contributed by atoms with Gasteiger partial charge in [-0.2, -0.15) is 0 Å². The summed E-state index contributed by atoms with van der Waals surface area (Å²) in [4.78, 5) is 26.5. The van der Waals surface area contributed by atoms with Crippen LogP contribution in [0.15, 0.2) is 15.8 Å². The summed E-state index contributed by atoms with van der Waals surface area (Å²) in [7, 11) is -1.97. The van der Waals surface area contributed by atoms with Crippen LogP contribution in [0.3, 0.4) is 0 Å². The Morgan fingerprint density at radius 1 is 1.33 bits per heavy atom. The highest BCUT2D eigenvalue weighted by Crippen LogP contribution is 2.87. The molecule has 0 amide bonds. The van der Waals surface area contributed by atoms with Crippen molar-refractivity contribution in [3.8, 4) is 0 Å². The molecule has 2 aliphatic heterocycles. The van der Waals surface area contributed by atoms with E-state index in [2.05, 4.69) is 38.8 Å². The van der Waals surface area contributed by atoms with Crippen LogP contribution in [-0.4, -0.2) is 48.2 Å². The number of nitrogens with zero attached hydrogens (tertiary/aromatic N) is 1. The zero-order valence-electron chi connectivity index (χ0n) is 18.3. The van der Waals surface area contributed by atoms with Crippen LogP contribution in [-0.2, 0) is 13.7 Å². The van der Waals surface area contributed by atoms with Crippen molar-refractivity contribution in [3.63, 3.8) is 0 Å². The molecule has 0 unspecified atom stereocenters. The highest BCUT2D eigenvalue weighted by molar-refractivity contribution is 9.15. The predicted octanol–water partition coefficient (Wildman–Crippen LogP) is 4.63. The van der Waals surface area contributed by atoms with Crippen LogP contribution in [0.25, 0.3) is 0 Å². The van der Waals surface area contributed by atoms with Gasteiger partial charge in [-0.3, -0.25) is 14.3 Å². The van der Waals surface area contributed by atoms with E-state index in [9.17, 15) is 9.59 Å². The smallest absolute Gasteiger partial charge is 0.330 e. The Hall–Kier alpha value is 0.257. The van der Waals surface area contributed by atoms with Crippen LogP contribution in [0.4, 0.5) is 0 Å². The minimum atomic E-state index is -1.97. The third-order valence-corrected chi connectivity index (χ3v) is 20.5. The number of aromatic amines is 1. The number of thiol groups is 1.